The molecule has 0 bridgehead atoms. The maximum Gasteiger partial charge on any atom is 0.119 e. The van der Waals surface area contributed by atoms with Gasteiger partial charge in [-0.3, -0.25) is 4.90 Å². The minimum atomic E-state index is 0.310. The predicted molar refractivity (Wildman–Crippen MR) is 75.1 cm³/mol. The van der Waals surface area contributed by atoms with Gasteiger partial charge in [0, 0.05) is 30.7 Å². The Hall–Kier alpha value is -0.770. The van der Waals surface area contributed by atoms with E-state index >= 15 is 0 Å². The minimum Gasteiger partial charge on any atom is -0.492 e. The fourth-order valence-electron chi connectivity index (χ4n) is 2.52. The number of benzene rings is 1. The summed E-state index contributed by atoms with van der Waals surface area (Å²) >= 11 is 5.82. The van der Waals surface area contributed by atoms with Gasteiger partial charge in [0.2, 0.25) is 0 Å². The van der Waals surface area contributed by atoms with Crippen LogP contribution in [0.3, 0.4) is 0 Å². The Morgan fingerprint density at radius 3 is 2.72 bits per heavy atom. The molecule has 0 spiro atoms. The van der Waals surface area contributed by atoms with Gasteiger partial charge >= 0.3 is 0 Å². The average Bonchev–Trinajstić information content (AvgIpc) is 2.30. The quantitative estimate of drug-likeness (QED) is 0.911. The first-order valence-corrected chi connectivity index (χ1v) is 6.87. The molecule has 4 heteroatoms. The molecule has 0 radical (unpaired) electrons. The van der Waals surface area contributed by atoms with Crippen molar-refractivity contribution in [2.75, 3.05) is 26.2 Å². The molecule has 18 heavy (non-hydrogen) atoms. The van der Waals surface area contributed by atoms with Gasteiger partial charge in [-0.25, -0.2) is 0 Å². The second kappa shape index (κ2) is 6.41. The number of rotatable bonds is 4. The summed E-state index contributed by atoms with van der Waals surface area (Å²) in [6, 6.07) is 7.79. The Labute approximate surface area is 114 Å². The number of nitrogens with two attached hydrogens (primary N) is 1. The molecule has 0 aromatic heterocycles. The summed E-state index contributed by atoms with van der Waals surface area (Å²) in [7, 11) is 0. The van der Waals surface area contributed by atoms with Gasteiger partial charge in [0.1, 0.15) is 12.4 Å². The lowest BCUT2D eigenvalue weighted by Crippen LogP contribution is -2.47. The molecule has 0 saturated carbocycles. The van der Waals surface area contributed by atoms with Crippen LogP contribution in [0.5, 0.6) is 5.75 Å². The Morgan fingerprint density at radius 2 is 2.06 bits per heavy atom. The van der Waals surface area contributed by atoms with E-state index in [2.05, 4.69) is 11.8 Å². The molecule has 0 amide bonds. The largest absolute Gasteiger partial charge is 0.492 e. The second-order valence-electron chi connectivity index (χ2n) is 5.16. The van der Waals surface area contributed by atoms with Crippen LogP contribution in [0.1, 0.15) is 13.3 Å². The van der Waals surface area contributed by atoms with Crippen molar-refractivity contribution in [2.24, 2.45) is 11.7 Å². The Bertz CT molecular complexity index is 359. The van der Waals surface area contributed by atoms with Crippen molar-refractivity contribution < 1.29 is 4.74 Å². The van der Waals surface area contributed by atoms with E-state index in [4.69, 9.17) is 22.1 Å². The zero-order chi connectivity index (χ0) is 13.0. The second-order valence-corrected chi connectivity index (χ2v) is 5.60. The zero-order valence-corrected chi connectivity index (χ0v) is 11.6. The molecule has 1 aliphatic rings. The molecule has 1 aromatic carbocycles. The van der Waals surface area contributed by atoms with Crippen LogP contribution in [0, 0.1) is 5.92 Å². The molecule has 1 heterocycles. The third-order valence-corrected chi connectivity index (χ3v) is 3.51. The van der Waals surface area contributed by atoms with Gasteiger partial charge in [0.15, 0.2) is 0 Å². The Balaban J connectivity index is 1.73. The molecule has 1 saturated heterocycles. The molecule has 1 aromatic rings. The number of hydrogen-bond acceptors (Lipinski definition) is 3. The number of ether oxygens (including phenoxy) is 1. The summed E-state index contributed by atoms with van der Waals surface area (Å²) in [5.74, 6) is 1.55. The van der Waals surface area contributed by atoms with Gasteiger partial charge in [0.25, 0.3) is 0 Å². The molecule has 2 unspecified atom stereocenters. The van der Waals surface area contributed by atoms with Crippen molar-refractivity contribution in [3.8, 4) is 5.75 Å². The fraction of sp³-hybridized carbons (Fsp3) is 0.571. The first-order valence-electron chi connectivity index (χ1n) is 6.50. The maximum absolute atomic E-state index is 6.02. The lowest BCUT2D eigenvalue weighted by Gasteiger charge is -2.34. The van der Waals surface area contributed by atoms with Crippen LogP contribution < -0.4 is 10.5 Å². The molecule has 3 nitrogen and oxygen atoms in total. The molecular weight excluding hydrogens is 248 g/mol. The van der Waals surface area contributed by atoms with Crippen LogP contribution in [-0.2, 0) is 0 Å². The molecular formula is C14H21ClN2O. The topological polar surface area (TPSA) is 38.5 Å². The number of likely N-dealkylation sites (tertiary alicyclic amines) is 1. The van der Waals surface area contributed by atoms with Crippen molar-refractivity contribution in [3.63, 3.8) is 0 Å². The van der Waals surface area contributed by atoms with E-state index in [1.54, 1.807) is 0 Å². The molecule has 2 N–H and O–H groups in total. The summed E-state index contributed by atoms with van der Waals surface area (Å²) in [6.45, 7) is 5.99. The van der Waals surface area contributed by atoms with Gasteiger partial charge in [-0.1, -0.05) is 18.5 Å². The Kier molecular flexibility index (Phi) is 4.87. The predicted octanol–water partition coefficient (Wildman–Crippen LogP) is 2.39. The molecule has 2 rings (SSSR count). The highest BCUT2D eigenvalue weighted by Gasteiger charge is 2.21. The first kappa shape index (κ1) is 13.7. The SMILES string of the molecule is CC1CC(N)CN(CCOc2ccc(Cl)cc2)C1. The van der Waals surface area contributed by atoms with Gasteiger partial charge in [0.05, 0.1) is 0 Å². The Morgan fingerprint density at radius 1 is 1.33 bits per heavy atom. The van der Waals surface area contributed by atoms with Crippen LogP contribution in [0.15, 0.2) is 24.3 Å². The van der Waals surface area contributed by atoms with Crippen LogP contribution >= 0.6 is 11.6 Å². The van der Waals surface area contributed by atoms with Crippen LogP contribution in [0.4, 0.5) is 0 Å². The maximum atomic E-state index is 6.02. The molecule has 0 aliphatic carbocycles. The van der Waals surface area contributed by atoms with E-state index < -0.39 is 0 Å². The molecule has 100 valence electrons. The van der Waals surface area contributed by atoms with E-state index in [1.807, 2.05) is 24.3 Å². The normalized spacial score (nSPS) is 25.1. The van der Waals surface area contributed by atoms with Crippen molar-refractivity contribution in [3.05, 3.63) is 29.3 Å². The highest BCUT2D eigenvalue weighted by molar-refractivity contribution is 6.30. The van der Waals surface area contributed by atoms with Crippen molar-refractivity contribution in [1.82, 2.24) is 4.90 Å². The summed E-state index contributed by atoms with van der Waals surface area (Å²) in [5, 5.41) is 0.734. The molecule has 1 fully saturated rings. The van der Waals surface area contributed by atoms with Gasteiger partial charge in [-0.15, -0.1) is 0 Å². The summed E-state index contributed by atoms with van der Waals surface area (Å²) < 4.78 is 5.69. The van der Waals surface area contributed by atoms with E-state index in [1.165, 1.54) is 0 Å². The van der Waals surface area contributed by atoms with Crippen LogP contribution in [0.25, 0.3) is 0 Å². The summed E-state index contributed by atoms with van der Waals surface area (Å²) in [6.07, 6.45) is 1.13. The molecule has 2 atom stereocenters. The van der Waals surface area contributed by atoms with Crippen LogP contribution in [-0.4, -0.2) is 37.2 Å². The third-order valence-electron chi connectivity index (χ3n) is 3.26. The number of hydrogen-bond donors (Lipinski definition) is 1. The monoisotopic (exact) mass is 268 g/mol. The van der Waals surface area contributed by atoms with Crippen molar-refractivity contribution >= 4 is 11.6 Å². The fourth-order valence-corrected chi connectivity index (χ4v) is 2.64. The van der Waals surface area contributed by atoms with Gasteiger partial charge in [-0.05, 0) is 36.6 Å². The smallest absolute Gasteiger partial charge is 0.119 e. The highest BCUT2D eigenvalue weighted by atomic mass is 35.5. The van der Waals surface area contributed by atoms with E-state index in [9.17, 15) is 0 Å². The standard InChI is InChI=1S/C14H21ClN2O/c1-11-8-13(16)10-17(9-11)6-7-18-14-4-2-12(15)3-5-14/h2-5,11,13H,6-10,16H2,1H3. The van der Waals surface area contributed by atoms with E-state index in [-0.39, 0.29) is 0 Å². The number of piperidine rings is 1. The lowest BCUT2D eigenvalue weighted by molar-refractivity contribution is 0.140. The molecule has 1 aliphatic heterocycles. The van der Waals surface area contributed by atoms with Crippen LogP contribution in [0.2, 0.25) is 5.02 Å². The van der Waals surface area contributed by atoms with E-state index in [0.717, 1.165) is 36.8 Å². The number of nitrogens with zero attached hydrogens (tertiary/aromatic N) is 1. The van der Waals surface area contributed by atoms with Crippen molar-refractivity contribution in [2.45, 2.75) is 19.4 Å². The van der Waals surface area contributed by atoms with E-state index in [0.29, 0.717) is 18.6 Å². The minimum absolute atomic E-state index is 0.310. The number of halogens is 1. The lowest BCUT2D eigenvalue weighted by atomic mass is 9.97. The highest BCUT2D eigenvalue weighted by Crippen LogP contribution is 2.17. The first-order chi connectivity index (χ1) is 8.63. The zero-order valence-electron chi connectivity index (χ0n) is 10.8. The van der Waals surface area contributed by atoms with Gasteiger partial charge < -0.3 is 10.5 Å². The van der Waals surface area contributed by atoms with Crippen molar-refractivity contribution in [1.29, 1.82) is 0 Å². The van der Waals surface area contributed by atoms with Gasteiger partial charge in [-0.2, -0.15) is 0 Å². The summed E-state index contributed by atoms with van der Waals surface area (Å²) in [4.78, 5) is 2.38. The summed E-state index contributed by atoms with van der Waals surface area (Å²) in [5.41, 5.74) is 6.02. The third kappa shape index (κ3) is 4.16. The average molecular weight is 269 g/mol.